The second-order valence-corrected chi connectivity index (χ2v) is 10.2. The minimum absolute atomic E-state index is 0.0743. The van der Waals surface area contributed by atoms with Gasteiger partial charge in [-0.05, 0) is 41.5 Å². The summed E-state index contributed by atoms with van der Waals surface area (Å²) in [5.74, 6) is -3.34. The van der Waals surface area contributed by atoms with E-state index >= 15 is 0 Å². The van der Waals surface area contributed by atoms with E-state index in [2.05, 4.69) is 0 Å². The molecule has 2 heterocycles. The highest BCUT2D eigenvalue weighted by atomic mass is 16.5. The van der Waals surface area contributed by atoms with Gasteiger partial charge < -0.3 is 55.4 Å². The molecule has 0 amide bonds. The molecule has 4 aromatic rings. The minimum Gasteiger partial charge on any atom is -0.508 e. The van der Waals surface area contributed by atoms with Crippen molar-refractivity contribution in [2.24, 2.45) is 0 Å². The van der Waals surface area contributed by atoms with Crippen LogP contribution >= 0.6 is 0 Å². The monoisotopic (exact) mass is 562 g/mol. The Bertz CT molecular complexity index is 1670. The third-order valence-corrected chi connectivity index (χ3v) is 7.60. The molecule has 5 atom stereocenters. The molecule has 11 nitrogen and oxygen atoms in total. The molecular formula is C30H26O11. The molecule has 41 heavy (non-hydrogen) atoms. The first-order valence-electron chi connectivity index (χ1n) is 12.7. The van der Waals surface area contributed by atoms with Crippen LogP contribution in [0.2, 0.25) is 0 Å². The summed E-state index contributed by atoms with van der Waals surface area (Å²) in [6.45, 7) is 0. The summed E-state index contributed by atoms with van der Waals surface area (Å²) in [4.78, 5) is 0. The number of aromatic hydroxyl groups is 7. The number of benzene rings is 4. The molecule has 6 rings (SSSR count). The van der Waals surface area contributed by atoms with Crippen molar-refractivity contribution in [1.82, 2.24) is 0 Å². The smallest absolute Gasteiger partial charge is 0.157 e. The first-order valence-corrected chi connectivity index (χ1v) is 12.7. The number of phenols is 7. The van der Waals surface area contributed by atoms with Crippen LogP contribution in [0.5, 0.6) is 51.7 Å². The molecule has 0 saturated heterocycles. The lowest BCUT2D eigenvalue weighted by Crippen LogP contribution is -2.36. The Hall–Kier alpha value is -5.00. The Morgan fingerprint density at radius 1 is 0.585 bits per heavy atom. The maximum Gasteiger partial charge on any atom is 0.157 e. The third kappa shape index (κ3) is 4.31. The van der Waals surface area contributed by atoms with Crippen molar-refractivity contribution in [3.8, 4) is 51.7 Å². The van der Waals surface area contributed by atoms with Crippen molar-refractivity contribution in [2.45, 2.75) is 36.8 Å². The highest BCUT2D eigenvalue weighted by Crippen LogP contribution is 2.55. The fraction of sp³-hybridized carbons (Fsp3) is 0.200. The third-order valence-electron chi connectivity index (χ3n) is 7.60. The average Bonchev–Trinajstić information content (AvgIpc) is 2.93. The second-order valence-electron chi connectivity index (χ2n) is 10.2. The van der Waals surface area contributed by atoms with Gasteiger partial charge in [-0.25, -0.2) is 0 Å². The minimum atomic E-state index is -1.44. The van der Waals surface area contributed by atoms with Gasteiger partial charge in [0, 0.05) is 41.2 Å². The van der Waals surface area contributed by atoms with Gasteiger partial charge >= 0.3 is 0 Å². The molecular weight excluding hydrogens is 536 g/mol. The van der Waals surface area contributed by atoms with E-state index in [4.69, 9.17) is 9.47 Å². The molecule has 11 heteroatoms. The van der Waals surface area contributed by atoms with Crippen LogP contribution in [0, 0.1) is 0 Å². The average molecular weight is 563 g/mol. The van der Waals surface area contributed by atoms with Crippen molar-refractivity contribution in [2.75, 3.05) is 0 Å². The Morgan fingerprint density at radius 2 is 1.20 bits per heavy atom. The standard InChI is InChI=1S/C30H26O11/c31-14-3-4-15(19(34)9-14)25-26-24(41-30(28(25)39)13-2-6-18(33)21(36)8-13)11-23-16(27(26)38)10-22(37)29(40-23)12-1-5-17(32)20(35)7-12/h1-9,11,22,25,28-39H,10H2/t22-,25-,28+,29-,30+/m1/s1. The van der Waals surface area contributed by atoms with E-state index in [1.807, 2.05) is 0 Å². The highest BCUT2D eigenvalue weighted by molar-refractivity contribution is 5.64. The lowest BCUT2D eigenvalue weighted by atomic mass is 9.78. The summed E-state index contributed by atoms with van der Waals surface area (Å²) in [7, 11) is 0. The van der Waals surface area contributed by atoms with Gasteiger partial charge in [-0.2, -0.15) is 0 Å². The number of hydrogen-bond donors (Lipinski definition) is 9. The van der Waals surface area contributed by atoms with E-state index in [1.165, 1.54) is 54.6 Å². The molecule has 2 aliphatic rings. The fourth-order valence-corrected chi connectivity index (χ4v) is 5.59. The molecule has 0 spiro atoms. The number of phenolic OH excluding ortho intramolecular Hbond substituents is 7. The normalized spacial score (nSPS) is 23.1. The largest absolute Gasteiger partial charge is 0.508 e. The van der Waals surface area contributed by atoms with Crippen LogP contribution in [0.15, 0.2) is 60.7 Å². The van der Waals surface area contributed by atoms with Crippen LogP contribution < -0.4 is 9.47 Å². The van der Waals surface area contributed by atoms with E-state index < -0.39 is 41.8 Å². The lowest BCUT2D eigenvalue weighted by molar-refractivity contribution is 0.00308. The van der Waals surface area contributed by atoms with Crippen molar-refractivity contribution in [3.05, 3.63) is 88.5 Å². The predicted molar refractivity (Wildman–Crippen MR) is 142 cm³/mol. The molecule has 212 valence electrons. The Kier molecular flexibility index (Phi) is 6.13. The van der Waals surface area contributed by atoms with E-state index in [0.29, 0.717) is 5.56 Å². The molecule has 9 N–H and O–H groups in total. The summed E-state index contributed by atoms with van der Waals surface area (Å²) in [6, 6.07) is 13.2. The second kappa shape index (κ2) is 9.58. The van der Waals surface area contributed by atoms with Gasteiger partial charge in [-0.3, -0.25) is 0 Å². The van der Waals surface area contributed by atoms with Crippen LogP contribution in [-0.2, 0) is 6.42 Å². The van der Waals surface area contributed by atoms with Crippen LogP contribution in [0.4, 0.5) is 0 Å². The number of rotatable bonds is 3. The Labute approximate surface area is 232 Å². The summed E-state index contributed by atoms with van der Waals surface area (Å²) < 4.78 is 12.2. The number of ether oxygens (including phenoxy) is 2. The van der Waals surface area contributed by atoms with Gasteiger partial charge in [-0.15, -0.1) is 0 Å². The van der Waals surface area contributed by atoms with Crippen LogP contribution in [0.25, 0.3) is 0 Å². The Balaban J connectivity index is 1.50. The fourth-order valence-electron chi connectivity index (χ4n) is 5.59. The highest BCUT2D eigenvalue weighted by Gasteiger charge is 2.45. The molecule has 4 aromatic carbocycles. The summed E-state index contributed by atoms with van der Waals surface area (Å²) >= 11 is 0. The Morgan fingerprint density at radius 3 is 1.80 bits per heavy atom. The first kappa shape index (κ1) is 26.2. The van der Waals surface area contributed by atoms with Crippen molar-refractivity contribution in [3.63, 3.8) is 0 Å². The van der Waals surface area contributed by atoms with Gasteiger partial charge in [0.25, 0.3) is 0 Å². The zero-order valence-electron chi connectivity index (χ0n) is 21.2. The summed E-state index contributed by atoms with van der Waals surface area (Å²) in [6.07, 6.45) is -4.81. The molecule has 2 aliphatic heterocycles. The van der Waals surface area contributed by atoms with Crippen LogP contribution in [0.1, 0.15) is 45.9 Å². The van der Waals surface area contributed by atoms with Crippen molar-refractivity contribution >= 4 is 0 Å². The number of hydrogen-bond acceptors (Lipinski definition) is 11. The van der Waals surface area contributed by atoms with E-state index in [-0.39, 0.29) is 68.9 Å². The van der Waals surface area contributed by atoms with Gasteiger partial charge in [0.1, 0.15) is 41.0 Å². The SMILES string of the molecule is Oc1ccc([C@@H]2c3c(cc4c(c3O)C[C@@H](O)[C@@H](c3ccc(O)c(O)c3)O4)O[C@@H](c3ccc(O)c(O)c3)[C@H]2O)c(O)c1. The van der Waals surface area contributed by atoms with Gasteiger partial charge in [-0.1, -0.05) is 18.2 Å². The van der Waals surface area contributed by atoms with E-state index in [1.54, 1.807) is 0 Å². The zero-order chi connectivity index (χ0) is 29.2. The van der Waals surface area contributed by atoms with Gasteiger partial charge in [0.2, 0.25) is 0 Å². The number of fused-ring (bicyclic) bond motifs is 2. The zero-order valence-corrected chi connectivity index (χ0v) is 21.2. The molecule has 0 aliphatic carbocycles. The molecule has 0 fully saturated rings. The van der Waals surface area contributed by atoms with Crippen molar-refractivity contribution < 1.29 is 55.4 Å². The molecule has 0 radical (unpaired) electrons. The maximum absolute atomic E-state index is 11.6. The van der Waals surface area contributed by atoms with Crippen LogP contribution in [0.3, 0.4) is 0 Å². The van der Waals surface area contributed by atoms with Gasteiger partial charge in [0.05, 0.1) is 6.10 Å². The molecule has 0 saturated carbocycles. The first-order chi connectivity index (χ1) is 19.5. The van der Waals surface area contributed by atoms with Crippen LogP contribution in [-0.4, -0.2) is 58.2 Å². The van der Waals surface area contributed by atoms with E-state index in [9.17, 15) is 46.0 Å². The number of aliphatic hydroxyl groups excluding tert-OH is 2. The predicted octanol–water partition coefficient (Wildman–Crippen LogP) is 3.29. The molecule has 0 unspecified atom stereocenters. The van der Waals surface area contributed by atoms with Gasteiger partial charge in [0.15, 0.2) is 29.1 Å². The molecule has 0 aromatic heterocycles. The van der Waals surface area contributed by atoms with Crippen molar-refractivity contribution in [1.29, 1.82) is 0 Å². The summed E-state index contributed by atoms with van der Waals surface area (Å²) in [5.41, 5.74) is 1.14. The maximum atomic E-state index is 11.6. The lowest BCUT2D eigenvalue weighted by Gasteiger charge is -2.40. The number of aliphatic hydroxyl groups is 2. The molecule has 0 bridgehead atoms. The quantitative estimate of drug-likeness (QED) is 0.166. The topological polar surface area (TPSA) is 201 Å². The summed E-state index contributed by atoms with van der Waals surface area (Å²) in [5, 5.41) is 94.1. The van der Waals surface area contributed by atoms with E-state index in [0.717, 1.165) is 6.07 Å².